The zero-order chi connectivity index (χ0) is 23.2. The molecule has 3 aromatic rings. The maximum atomic E-state index is 14.7. The number of hydrogen-bond donors (Lipinski definition) is 0. The number of aryl methyl sites for hydroxylation is 3. The molecule has 1 aliphatic carbocycles. The Hall–Kier alpha value is -2.19. The second-order valence-corrected chi connectivity index (χ2v) is 10.0. The first-order valence-corrected chi connectivity index (χ1v) is 12.7. The topological polar surface area (TPSA) is 0 Å². The third-order valence-electron chi connectivity index (χ3n) is 7.31. The van der Waals surface area contributed by atoms with Crippen molar-refractivity contribution in [1.29, 1.82) is 0 Å². The summed E-state index contributed by atoms with van der Waals surface area (Å²) in [5.41, 5.74) is 4.14. The van der Waals surface area contributed by atoms with Crippen molar-refractivity contribution in [2.75, 3.05) is 0 Å². The maximum Gasteiger partial charge on any atom is 0.134 e. The van der Waals surface area contributed by atoms with Gasteiger partial charge in [0.25, 0.3) is 0 Å². The summed E-state index contributed by atoms with van der Waals surface area (Å²) in [4.78, 5) is 0. The molecule has 0 aromatic heterocycles. The van der Waals surface area contributed by atoms with E-state index in [-0.39, 0.29) is 5.56 Å². The van der Waals surface area contributed by atoms with Crippen LogP contribution in [-0.4, -0.2) is 0 Å². The second-order valence-electron chi connectivity index (χ2n) is 9.58. The molecule has 33 heavy (non-hydrogen) atoms. The van der Waals surface area contributed by atoms with E-state index in [4.69, 9.17) is 11.6 Å². The van der Waals surface area contributed by atoms with Crippen LogP contribution in [0.25, 0.3) is 11.1 Å². The lowest BCUT2D eigenvalue weighted by Crippen LogP contribution is -2.16. The van der Waals surface area contributed by atoms with Crippen LogP contribution in [0.5, 0.6) is 0 Å². The maximum absolute atomic E-state index is 14.7. The number of hydrogen-bond acceptors (Lipinski definition) is 0. The summed E-state index contributed by atoms with van der Waals surface area (Å²) in [5.74, 6) is 0.471. The summed E-state index contributed by atoms with van der Waals surface area (Å²) >= 11 is 5.90. The third-order valence-corrected chi connectivity index (χ3v) is 7.57. The Labute approximate surface area is 202 Å². The fourth-order valence-corrected chi connectivity index (χ4v) is 5.28. The van der Waals surface area contributed by atoms with Crippen LogP contribution >= 0.6 is 11.6 Å². The Morgan fingerprint density at radius 2 is 1.18 bits per heavy atom. The van der Waals surface area contributed by atoms with Crippen LogP contribution < -0.4 is 0 Å². The van der Waals surface area contributed by atoms with Gasteiger partial charge in [0.2, 0.25) is 0 Å². The van der Waals surface area contributed by atoms with Gasteiger partial charge in [-0.1, -0.05) is 80.6 Å². The first-order valence-electron chi connectivity index (χ1n) is 12.3. The molecule has 0 unspecified atom stereocenters. The molecule has 3 heteroatoms. The molecule has 3 aromatic carbocycles. The monoisotopic (exact) mass is 466 g/mol. The van der Waals surface area contributed by atoms with Crippen LogP contribution in [0.15, 0.2) is 60.7 Å². The van der Waals surface area contributed by atoms with Gasteiger partial charge in [0.05, 0.1) is 5.56 Å². The summed E-state index contributed by atoms with van der Waals surface area (Å²) in [6.45, 7) is 2.19. The lowest BCUT2D eigenvalue weighted by Gasteiger charge is -2.28. The first kappa shape index (κ1) is 24.0. The van der Waals surface area contributed by atoms with E-state index in [1.165, 1.54) is 55.4 Å². The molecule has 4 rings (SSSR count). The van der Waals surface area contributed by atoms with E-state index in [9.17, 15) is 8.78 Å². The SMILES string of the molecule is CCc1ccc(CC[C@H]2CC[C@H](CCc3cc(F)c(-c4ccc(Cl)cc4)c(F)c3)CC2)cc1. The van der Waals surface area contributed by atoms with Crippen LogP contribution in [0, 0.1) is 23.5 Å². The van der Waals surface area contributed by atoms with Crippen LogP contribution in [0.3, 0.4) is 0 Å². The summed E-state index contributed by atoms with van der Waals surface area (Å²) in [6.07, 6.45) is 10.3. The summed E-state index contributed by atoms with van der Waals surface area (Å²) < 4.78 is 29.4. The van der Waals surface area contributed by atoms with Gasteiger partial charge in [-0.25, -0.2) is 8.78 Å². The van der Waals surface area contributed by atoms with E-state index in [0.717, 1.165) is 37.2 Å². The van der Waals surface area contributed by atoms with Crippen LogP contribution in [0.4, 0.5) is 8.78 Å². The number of halogens is 3. The molecule has 0 N–H and O–H groups in total. The normalized spacial score (nSPS) is 18.4. The number of rotatable bonds is 8. The van der Waals surface area contributed by atoms with E-state index in [1.807, 2.05) is 0 Å². The molecule has 0 heterocycles. The largest absolute Gasteiger partial charge is 0.206 e. The van der Waals surface area contributed by atoms with Crippen molar-refractivity contribution >= 4 is 11.6 Å². The molecule has 0 nitrogen and oxygen atoms in total. The van der Waals surface area contributed by atoms with Crippen molar-refractivity contribution in [2.45, 2.75) is 64.7 Å². The van der Waals surface area contributed by atoms with E-state index in [1.54, 1.807) is 24.3 Å². The molecule has 0 radical (unpaired) electrons. The van der Waals surface area contributed by atoms with Crippen molar-refractivity contribution < 1.29 is 8.78 Å². The highest BCUT2D eigenvalue weighted by Crippen LogP contribution is 2.35. The van der Waals surface area contributed by atoms with Gasteiger partial charge in [0.15, 0.2) is 0 Å². The highest BCUT2D eigenvalue weighted by Gasteiger charge is 2.21. The van der Waals surface area contributed by atoms with Gasteiger partial charge in [-0.2, -0.15) is 0 Å². The van der Waals surface area contributed by atoms with Gasteiger partial charge in [-0.3, -0.25) is 0 Å². The van der Waals surface area contributed by atoms with E-state index in [2.05, 4.69) is 31.2 Å². The van der Waals surface area contributed by atoms with Gasteiger partial charge in [-0.05, 0) is 90.5 Å². The fraction of sp³-hybridized carbons (Fsp3) is 0.400. The Morgan fingerprint density at radius 1 is 0.697 bits per heavy atom. The van der Waals surface area contributed by atoms with Crippen molar-refractivity contribution in [1.82, 2.24) is 0 Å². The lowest BCUT2D eigenvalue weighted by atomic mass is 9.77. The first-order chi connectivity index (χ1) is 16.0. The van der Waals surface area contributed by atoms with Gasteiger partial charge in [0.1, 0.15) is 11.6 Å². The van der Waals surface area contributed by atoms with Crippen molar-refractivity contribution in [3.63, 3.8) is 0 Å². The minimum atomic E-state index is -0.497. The van der Waals surface area contributed by atoms with Gasteiger partial charge >= 0.3 is 0 Å². The summed E-state index contributed by atoms with van der Waals surface area (Å²) in [6, 6.07) is 18.7. The van der Waals surface area contributed by atoms with E-state index >= 15 is 0 Å². The molecular weight excluding hydrogens is 434 g/mol. The van der Waals surface area contributed by atoms with Crippen LogP contribution in [0.2, 0.25) is 5.02 Å². The second kappa shape index (κ2) is 11.3. The van der Waals surface area contributed by atoms with Crippen molar-refractivity contribution in [3.8, 4) is 11.1 Å². The molecule has 1 aliphatic rings. The standard InChI is InChI=1S/C30H33ClF2/c1-2-21-3-5-22(6-4-21)7-8-23-9-11-24(12-10-23)13-14-25-19-28(32)30(29(33)20-25)26-15-17-27(31)18-16-26/h3-6,15-20,23-24H,2,7-14H2,1H3/t23-,24-. The smallest absolute Gasteiger partial charge is 0.134 e. The van der Waals surface area contributed by atoms with Gasteiger partial charge in [0, 0.05) is 5.02 Å². The van der Waals surface area contributed by atoms with Crippen molar-refractivity contribution in [3.05, 3.63) is 94.0 Å². The van der Waals surface area contributed by atoms with E-state index < -0.39 is 11.6 Å². The molecule has 0 bridgehead atoms. The van der Waals surface area contributed by atoms with Crippen LogP contribution in [-0.2, 0) is 19.3 Å². The van der Waals surface area contributed by atoms with Gasteiger partial charge < -0.3 is 0 Å². The minimum absolute atomic E-state index is 0.0280. The zero-order valence-electron chi connectivity index (χ0n) is 19.4. The molecule has 0 amide bonds. The summed E-state index contributed by atoms with van der Waals surface area (Å²) in [7, 11) is 0. The summed E-state index contributed by atoms with van der Waals surface area (Å²) in [5, 5.41) is 0.552. The highest BCUT2D eigenvalue weighted by molar-refractivity contribution is 6.30. The number of benzene rings is 3. The van der Waals surface area contributed by atoms with Gasteiger partial charge in [-0.15, -0.1) is 0 Å². The molecule has 0 atom stereocenters. The predicted molar refractivity (Wildman–Crippen MR) is 135 cm³/mol. The highest BCUT2D eigenvalue weighted by atomic mass is 35.5. The average Bonchev–Trinajstić information content (AvgIpc) is 2.83. The Kier molecular flexibility index (Phi) is 8.20. The Bertz CT molecular complexity index is 1010. The minimum Gasteiger partial charge on any atom is -0.206 e. The Morgan fingerprint density at radius 3 is 1.70 bits per heavy atom. The Balaban J connectivity index is 1.25. The molecule has 0 saturated heterocycles. The molecule has 0 aliphatic heterocycles. The van der Waals surface area contributed by atoms with Crippen molar-refractivity contribution in [2.24, 2.45) is 11.8 Å². The predicted octanol–water partition coefficient (Wildman–Crippen LogP) is 9.22. The molecular formula is C30H33ClF2. The third kappa shape index (κ3) is 6.44. The zero-order valence-corrected chi connectivity index (χ0v) is 20.2. The fourth-order valence-electron chi connectivity index (χ4n) is 5.15. The molecule has 1 fully saturated rings. The van der Waals surface area contributed by atoms with Crippen LogP contribution in [0.1, 0.15) is 62.1 Å². The molecule has 174 valence electrons. The quantitative estimate of drug-likeness (QED) is 0.310. The lowest BCUT2D eigenvalue weighted by molar-refractivity contribution is 0.253. The average molecular weight is 467 g/mol. The van der Waals surface area contributed by atoms with E-state index in [0.29, 0.717) is 16.5 Å². The molecule has 0 spiro atoms. The molecule has 1 saturated carbocycles.